The third kappa shape index (κ3) is 4.04. The van der Waals surface area contributed by atoms with Gasteiger partial charge in [-0.1, -0.05) is 23.7 Å². The molecule has 1 N–H and O–H groups in total. The highest BCUT2D eigenvalue weighted by Crippen LogP contribution is 2.37. The molecule has 2 aromatic carbocycles. The molecule has 0 unspecified atom stereocenters. The van der Waals surface area contributed by atoms with Crippen LogP contribution in [0.2, 0.25) is 5.02 Å². The Morgan fingerprint density at radius 3 is 2.70 bits per heavy atom. The lowest BCUT2D eigenvalue weighted by Gasteiger charge is -2.19. The Kier molecular flexibility index (Phi) is 4.97. The van der Waals surface area contributed by atoms with E-state index in [1.54, 1.807) is 30.5 Å². The Labute approximate surface area is 161 Å². The first-order chi connectivity index (χ1) is 13.1. The minimum Gasteiger partial charge on any atom is -0.504 e. The molecule has 1 aromatic heterocycles. The molecule has 0 fully saturated rings. The van der Waals surface area contributed by atoms with E-state index >= 15 is 0 Å². The molecule has 27 heavy (non-hydrogen) atoms. The van der Waals surface area contributed by atoms with Crippen LogP contribution in [0.3, 0.4) is 0 Å². The summed E-state index contributed by atoms with van der Waals surface area (Å²) in [6, 6.07) is 13.7. The van der Waals surface area contributed by atoms with Crippen LogP contribution < -0.4 is 4.74 Å². The molecule has 6 heteroatoms. The molecule has 1 aliphatic heterocycles. The summed E-state index contributed by atoms with van der Waals surface area (Å²) in [7, 11) is 0. The summed E-state index contributed by atoms with van der Waals surface area (Å²) in [5.74, 6) is 0.366. The maximum absolute atomic E-state index is 13.1. The van der Waals surface area contributed by atoms with Crippen LogP contribution in [-0.2, 0) is 13.1 Å². The van der Waals surface area contributed by atoms with Crippen molar-refractivity contribution >= 4 is 11.6 Å². The van der Waals surface area contributed by atoms with Gasteiger partial charge in [0, 0.05) is 37.0 Å². The van der Waals surface area contributed by atoms with Crippen molar-refractivity contribution < 1.29 is 14.2 Å². The number of ether oxygens (including phenoxy) is 1. The van der Waals surface area contributed by atoms with Crippen molar-refractivity contribution in [1.29, 1.82) is 0 Å². The summed E-state index contributed by atoms with van der Waals surface area (Å²) in [5, 5.41) is 11.0. The summed E-state index contributed by atoms with van der Waals surface area (Å²) >= 11 is 5.91. The van der Waals surface area contributed by atoms with E-state index in [1.165, 1.54) is 12.1 Å². The molecule has 0 saturated carbocycles. The van der Waals surface area contributed by atoms with Gasteiger partial charge in [-0.15, -0.1) is 0 Å². The Balaban J connectivity index is 1.62. The van der Waals surface area contributed by atoms with Crippen LogP contribution in [0.15, 0.2) is 54.7 Å². The molecule has 4 nitrogen and oxygen atoms in total. The molecule has 4 rings (SSSR count). The third-order valence-corrected chi connectivity index (χ3v) is 4.76. The molecule has 3 aromatic rings. The fraction of sp³-hybridized carbons (Fsp3) is 0.190. The lowest BCUT2D eigenvalue weighted by Crippen LogP contribution is -2.25. The van der Waals surface area contributed by atoms with Crippen molar-refractivity contribution in [2.45, 2.75) is 13.1 Å². The fourth-order valence-corrected chi connectivity index (χ4v) is 3.34. The number of phenols is 1. The number of aromatic hydroxyl groups is 1. The quantitative estimate of drug-likeness (QED) is 0.714. The first kappa shape index (κ1) is 17.8. The van der Waals surface area contributed by atoms with E-state index in [9.17, 15) is 9.50 Å². The fourth-order valence-electron chi connectivity index (χ4n) is 3.23. The number of pyridine rings is 1. The highest BCUT2D eigenvalue weighted by atomic mass is 35.5. The van der Waals surface area contributed by atoms with Gasteiger partial charge in [-0.2, -0.15) is 0 Å². The van der Waals surface area contributed by atoms with E-state index in [2.05, 4.69) is 9.88 Å². The van der Waals surface area contributed by atoms with Gasteiger partial charge in [0.05, 0.1) is 10.7 Å². The van der Waals surface area contributed by atoms with Gasteiger partial charge in [-0.25, -0.2) is 4.39 Å². The molecule has 0 amide bonds. The van der Waals surface area contributed by atoms with E-state index < -0.39 is 0 Å². The predicted octanol–water partition coefficient (Wildman–Crippen LogP) is 4.64. The number of nitrogens with zero attached hydrogens (tertiary/aromatic N) is 2. The van der Waals surface area contributed by atoms with Gasteiger partial charge in [0.25, 0.3) is 0 Å². The number of benzene rings is 2. The Hall–Kier alpha value is -2.63. The number of hydrogen-bond donors (Lipinski definition) is 1. The van der Waals surface area contributed by atoms with Crippen LogP contribution in [0.5, 0.6) is 11.5 Å². The summed E-state index contributed by atoms with van der Waals surface area (Å²) in [4.78, 5) is 6.53. The van der Waals surface area contributed by atoms with Gasteiger partial charge in [-0.05, 0) is 42.0 Å². The highest BCUT2D eigenvalue weighted by molar-refractivity contribution is 6.30. The minimum absolute atomic E-state index is 0.0999. The standard InChI is InChI=1S/C21H18ClFN2O2/c22-17-3-6-19(24-11-17)15-9-16-13-25(7-8-27-21(16)20(26)10-15)12-14-1-4-18(23)5-2-14/h1-6,9-11,26H,7-8,12-13H2. The number of aromatic nitrogens is 1. The molecular formula is C21H18ClFN2O2. The molecule has 0 saturated heterocycles. The van der Waals surface area contributed by atoms with Gasteiger partial charge in [0.2, 0.25) is 0 Å². The first-order valence-corrected chi connectivity index (χ1v) is 9.04. The normalized spacial score (nSPS) is 14.3. The minimum atomic E-state index is -0.242. The number of phenolic OH excluding ortho intramolecular Hbond substituents is 1. The Morgan fingerprint density at radius 2 is 1.96 bits per heavy atom. The monoisotopic (exact) mass is 384 g/mol. The molecule has 2 heterocycles. The van der Waals surface area contributed by atoms with Gasteiger partial charge in [-0.3, -0.25) is 9.88 Å². The first-order valence-electron chi connectivity index (χ1n) is 8.66. The van der Waals surface area contributed by atoms with E-state index in [0.717, 1.165) is 22.4 Å². The number of rotatable bonds is 3. The van der Waals surface area contributed by atoms with Gasteiger partial charge in [0.15, 0.2) is 11.5 Å². The SMILES string of the molecule is Oc1cc(-c2ccc(Cl)cn2)cc2c1OCCN(Cc1ccc(F)cc1)C2. The van der Waals surface area contributed by atoms with Gasteiger partial charge >= 0.3 is 0 Å². The second-order valence-corrected chi connectivity index (χ2v) is 6.97. The predicted molar refractivity (Wildman–Crippen MR) is 102 cm³/mol. The summed E-state index contributed by atoms with van der Waals surface area (Å²) in [5.41, 5.74) is 3.45. The molecule has 1 aliphatic rings. The Morgan fingerprint density at radius 1 is 1.15 bits per heavy atom. The zero-order chi connectivity index (χ0) is 18.8. The van der Waals surface area contributed by atoms with Crippen LogP contribution in [0.4, 0.5) is 4.39 Å². The van der Waals surface area contributed by atoms with Crippen LogP contribution in [0.1, 0.15) is 11.1 Å². The number of halogens is 2. The van der Waals surface area contributed by atoms with Crippen LogP contribution in [0.25, 0.3) is 11.3 Å². The second-order valence-electron chi connectivity index (χ2n) is 6.53. The summed E-state index contributed by atoms with van der Waals surface area (Å²) < 4.78 is 18.9. The van der Waals surface area contributed by atoms with Crippen molar-refractivity contribution in [2.75, 3.05) is 13.2 Å². The van der Waals surface area contributed by atoms with Crippen LogP contribution in [0, 0.1) is 5.82 Å². The largest absolute Gasteiger partial charge is 0.504 e. The topological polar surface area (TPSA) is 45.6 Å². The molecule has 0 aliphatic carbocycles. The van der Waals surface area contributed by atoms with Crippen molar-refractivity contribution in [3.63, 3.8) is 0 Å². The Bertz CT molecular complexity index is 946. The maximum atomic E-state index is 13.1. The maximum Gasteiger partial charge on any atom is 0.165 e. The van der Waals surface area contributed by atoms with Gasteiger partial charge in [0.1, 0.15) is 12.4 Å². The molecule has 138 valence electrons. The van der Waals surface area contributed by atoms with Crippen molar-refractivity contribution in [3.05, 3.63) is 76.7 Å². The molecular weight excluding hydrogens is 367 g/mol. The summed E-state index contributed by atoms with van der Waals surface area (Å²) in [6.45, 7) is 2.47. The molecule has 0 atom stereocenters. The second kappa shape index (κ2) is 7.55. The van der Waals surface area contributed by atoms with E-state index in [0.29, 0.717) is 37.0 Å². The van der Waals surface area contributed by atoms with E-state index in [4.69, 9.17) is 16.3 Å². The zero-order valence-electron chi connectivity index (χ0n) is 14.5. The average Bonchev–Trinajstić information content (AvgIpc) is 2.86. The van der Waals surface area contributed by atoms with Gasteiger partial charge < -0.3 is 9.84 Å². The van der Waals surface area contributed by atoms with Crippen LogP contribution >= 0.6 is 11.6 Å². The number of fused-ring (bicyclic) bond motifs is 1. The third-order valence-electron chi connectivity index (χ3n) is 4.54. The molecule has 0 radical (unpaired) electrons. The van der Waals surface area contributed by atoms with E-state index in [-0.39, 0.29) is 11.6 Å². The van der Waals surface area contributed by atoms with Crippen molar-refractivity contribution in [3.8, 4) is 22.8 Å². The molecule has 0 bridgehead atoms. The summed E-state index contributed by atoms with van der Waals surface area (Å²) in [6.07, 6.45) is 1.58. The lowest BCUT2D eigenvalue weighted by atomic mass is 10.0. The lowest BCUT2D eigenvalue weighted by molar-refractivity contribution is 0.217. The highest BCUT2D eigenvalue weighted by Gasteiger charge is 2.20. The zero-order valence-corrected chi connectivity index (χ0v) is 15.3. The number of hydrogen-bond acceptors (Lipinski definition) is 4. The average molecular weight is 385 g/mol. The smallest absolute Gasteiger partial charge is 0.165 e. The molecule has 0 spiro atoms. The van der Waals surface area contributed by atoms with E-state index in [1.807, 2.05) is 12.1 Å². The van der Waals surface area contributed by atoms with Crippen molar-refractivity contribution in [1.82, 2.24) is 9.88 Å². The van der Waals surface area contributed by atoms with Crippen molar-refractivity contribution in [2.24, 2.45) is 0 Å². The van der Waals surface area contributed by atoms with Crippen LogP contribution in [-0.4, -0.2) is 28.1 Å².